The van der Waals surface area contributed by atoms with Crippen molar-refractivity contribution in [3.8, 4) is 0 Å². The topological polar surface area (TPSA) is 23.6 Å². The van der Waals surface area contributed by atoms with Crippen LogP contribution in [0.25, 0.3) is 0 Å². The Bertz CT molecular complexity index is 389. The second-order valence-corrected chi connectivity index (χ2v) is 7.46. The maximum absolute atomic E-state index is 12.4. The van der Waals surface area contributed by atoms with Crippen molar-refractivity contribution in [3.63, 3.8) is 0 Å². The quantitative estimate of drug-likeness (QED) is 0.783. The fourth-order valence-corrected chi connectivity index (χ4v) is 3.84. The molecule has 122 valence electrons. The summed E-state index contributed by atoms with van der Waals surface area (Å²) in [5.74, 6) is -0.205. The zero-order chi connectivity index (χ0) is 16.0. The molecule has 3 atom stereocenters. The Morgan fingerprint density at radius 3 is 2.00 bits per heavy atom. The van der Waals surface area contributed by atoms with Gasteiger partial charge in [0, 0.05) is 31.7 Å². The van der Waals surface area contributed by atoms with Crippen LogP contribution in [-0.4, -0.2) is 53.6 Å². The van der Waals surface area contributed by atoms with E-state index in [0.717, 1.165) is 25.9 Å². The fraction of sp³-hybridized carbons (Fsp3) is 0.933. The van der Waals surface area contributed by atoms with Crippen molar-refractivity contribution in [2.24, 2.45) is 11.8 Å². The van der Waals surface area contributed by atoms with Crippen LogP contribution in [0.1, 0.15) is 40.0 Å². The average molecular weight is 306 g/mol. The minimum atomic E-state index is -4.42. The Hall–Kier alpha value is -0.780. The van der Waals surface area contributed by atoms with Gasteiger partial charge in [-0.1, -0.05) is 0 Å². The molecule has 0 unspecified atom stereocenters. The SMILES string of the molecule is CN(C(=O)CC(F)(F)F)[C@H]1[C@@H]2CC[C@H]1CN(C(C)(C)C)C2. The second kappa shape index (κ2) is 5.45. The molecule has 1 saturated heterocycles. The van der Waals surface area contributed by atoms with Gasteiger partial charge in [-0.15, -0.1) is 0 Å². The van der Waals surface area contributed by atoms with E-state index in [1.54, 1.807) is 0 Å². The van der Waals surface area contributed by atoms with Gasteiger partial charge in [0.1, 0.15) is 6.42 Å². The van der Waals surface area contributed by atoms with E-state index >= 15 is 0 Å². The molecule has 3 nitrogen and oxygen atoms in total. The molecule has 0 spiro atoms. The Labute approximate surface area is 124 Å². The summed E-state index contributed by atoms with van der Waals surface area (Å²) in [4.78, 5) is 15.6. The molecule has 6 heteroatoms. The third-order valence-electron chi connectivity index (χ3n) is 4.92. The molecule has 1 heterocycles. The number of fused-ring (bicyclic) bond motifs is 2. The number of carbonyl (C=O) groups excluding carboxylic acids is 1. The number of hydrogen-bond acceptors (Lipinski definition) is 2. The molecule has 2 fully saturated rings. The predicted octanol–water partition coefficient (Wildman–Crippen LogP) is 2.91. The summed E-state index contributed by atoms with van der Waals surface area (Å²) in [7, 11) is 1.54. The summed E-state index contributed by atoms with van der Waals surface area (Å²) in [5, 5.41) is 0. The van der Waals surface area contributed by atoms with Crippen LogP contribution in [0.5, 0.6) is 0 Å². The van der Waals surface area contributed by atoms with Crippen molar-refractivity contribution in [1.82, 2.24) is 9.80 Å². The van der Waals surface area contributed by atoms with E-state index in [1.807, 2.05) is 0 Å². The predicted molar refractivity (Wildman–Crippen MR) is 74.8 cm³/mol. The van der Waals surface area contributed by atoms with Crippen LogP contribution in [-0.2, 0) is 4.79 Å². The normalized spacial score (nSPS) is 30.5. The number of carbonyl (C=O) groups is 1. The number of nitrogens with zero attached hydrogens (tertiary/aromatic N) is 2. The number of piperidine rings is 1. The van der Waals surface area contributed by atoms with E-state index in [0.29, 0.717) is 11.8 Å². The largest absolute Gasteiger partial charge is 0.397 e. The van der Waals surface area contributed by atoms with Gasteiger partial charge in [-0.2, -0.15) is 13.2 Å². The van der Waals surface area contributed by atoms with Gasteiger partial charge in [0.05, 0.1) is 0 Å². The fourth-order valence-electron chi connectivity index (χ4n) is 3.84. The van der Waals surface area contributed by atoms with Gasteiger partial charge in [-0.3, -0.25) is 9.69 Å². The molecule has 0 aromatic rings. The lowest BCUT2D eigenvalue weighted by molar-refractivity contribution is -0.164. The first-order valence-corrected chi connectivity index (χ1v) is 7.56. The maximum atomic E-state index is 12.4. The van der Waals surface area contributed by atoms with Crippen LogP contribution in [0.4, 0.5) is 13.2 Å². The van der Waals surface area contributed by atoms with Crippen molar-refractivity contribution >= 4 is 5.91 Å². The highest BCUT2D eigenvalue weighted by Crippen LogP contribution is 2.42. The van der Waals surface area contributed by atoms with Crippen LogP contribution >= 0.6 is 0 Å². The molecule has 0 N–H and O–H groups in total. The molecule has 1 saturated carbocycles. The van der Waals surface area contributed by atoms with Crippen LogP contribution in [0.3, 0.4) is 0 Å². The number of rotatable bonds is 2. The second-order valence-electron chi connectivity index (χ2n) is 7.46. The Kier molecular flexibility index (Phi) is 4.30. The highest BCUT2D eigenvalue weighted by molar-refractivity contribution is 5.77. The highest BCUT2D eigenvalue weighted by atomic mass is 19.4. The standard InChI is InChI=1S/C15H25F3N2O/c1-14(2,3)20-8-10-5-6-11(9-20)13(10)19(4)12(21)7-15(16,17)18/h10-11,13H,5-9H2,1-4H3/t10-,11+,13+. The minimum Gasteiger partial charge on any atom is -0.342 e. The van der Waals surface area contributed by atoms with E-state index in [9.17, 15) is 18.0 Å². The van der Waals surface area contributed by atoms with Gasteiger partial charge in [0.25, 0.3) is 0 Å². The summed E-state index contributed by atoms with van der Waals surface area (Å²) in [6, 6.07) is -0.0292. The lowest BCUT2D eigenvalue weighted by Crippen LogP contribution is -2.57. The molecule has 1 aliphatic carbocycles. The van der Waals surface area contributed by atoms with Crippen molar-refractivity contribution < 1.29 is 18.0 Å². The molecular formula is C15H25F3N2O. The molecule has 2 aliphatic rings. The van der Waals surface area contributed by atoms with E-state index in [-0.39, 0.29) is 11.6 Å². The molecule has 2 bridgehead atoms. The third-order valence-corrected chi connectivity index (χ3v) is 4.92. The summed E-state index contributed by atoms with van der Waals surface area (Å²) in [6.07, 6.45) is -3.75. The molecule has 0 aromatic carbocycles. The van der Waals surface area contributed by atoms with Crippen molar-refractivity contribution in [2.45, 2.75) is 57.8 Å². The molecular weight excluding hydrogens is 281 g/mol. The Morgan fingerprint density at radius 1 is 1.14 bits per heavy atom. The van der Waals surface area contributed by atoms with E-state index in [4.69, 9.17) is 0 Å². The van der Waals surface area contributed by atoms with Gasteiger partial charge in [0.15, 0.2) is 0 Å². The van der Waals surface area contributed by atoms with E-state index in [1.165, 1.54) is 11.9 Å². The zero-order valence-corrected chi connectivity index (χ0v) is 13.2. The number of halogens is 3. The van der Waals surface area contributed by atoms with Crippen molar-refractivity contribution in [2.75, 3.05) is 20.1 Å². The first-order valence-electron chi connectivity index (χ1n) is 7.56. The van der Waals surface area contributed by atoms with Crippen molar-refractivity contribution in [1.29, 1.82) is 0 Å². The van der Waals surface area contributed by atoms with Gasteiger partial charge in [0.2, 0.25) is 5.91 Å². The van der Waals surface area contributed by atoms with Gasteiger partial charge in [-0.05, 0) is 45.4 Å². The lowest BCUT2D eigenvalue weighted by Gasteiger charge is -2.47. The summed E-state index contributed by atoms with van der Waals surface area (Å²) >= 11 is 0. The maximum Gasteiger partial charge on any atom is 0.397 e. The summed E-state index contributed by atoms with van der Waals surface area (Å²) in [6.45, 7) is 8.21. The number of amides is 1. The van der Waals surface area contributed by atoms with Gasteiger partial charge in [-0.25, -0.2) is 0 Å². The van der Waals surface area contributed by atoms with Crippen LogP contribution in [0.15, 0.2) is 0 Å². The summed E-state index contributed by atoms with van der Waals surface area (Å²) in [5.41, 5.74) is 0.0698. The van der Waals surface area contributed by atoms with E-state index < -0.39 is 18.5 Å². The van der Waals surface area contributed by atoms with Crippen LogP contribution in [0.2, 0.25) is 0 Å². The molecule has 1 aliphatic heterocycles. The summed E-state index contributed by atoms with van der Waals surface area (Å²) < 4.78 is 37.2. The van der Waals surface area contributed by atoms with Crippen LogP contribution in [0, 0.1) is 11.8 Å². The highest BCUT2D eigenvalue weighted by Gasteiger charge is 2.47. The molecule has 2 rings (SSSR count). The smallest absolute Gasteiger partial charge is 0.342 e. The monoisotopic (exact) mass is 306 g/mol. The minimum absolute atomic E-state index is 0.0292. The number of hydrogen-bond donors (Lipinski definition) is 0. The zero-order valence-electron chi connectivity index (χ0n) is 13.2. The molecule has 0 aromatic heterocycles. The third kappa shape index (κ3) is 3.71. The molecule has 21 heavy (non-hydrogen) atoms. The average Bonchev–Trinajstić information content (AvgIpc) is 2.54. The lowest BCUT2D eigenvalue weighted by atomic mass is 9.88. The first kappa shape index (κ1) is 16.6. The van der Waals surface area contributed by atoms with Crippen LogP contribution < -0.4 is 0 Å². The number of likely N-dealkylation sites (tertiary alicyclic amines) is 1. The molecule has 1 amide bonds. The Morgan fingerprint density at radius 2 is 1.62 bits per heavy atom. The van der Waals surface area contributed by atoms with Gasteiger partial charge < -0.3 is 4.90 Å². The van der Waals surface area contributed by atoms with E-state index in [2.05, 4.69) is 25.7 Å². The Balaban J connectivity index is 2.05. The number of alkyl halides is 3. The van der Waals surface area contributed by atoms with Crippen molar-refractivity contribution in [3.05, 3.63) is 0 Å². The molecule has 0 radical (unpaired) electrons. The first-order chi connectivity index (χ1) is 9.49. The van der Waals surface area contributed by atoms with Gasteiger partial charge >= 0.3 is 6.18 Å².